The fraction of sp³-hybridized carbons (Fsp3) is 0.692. The lowest BCUT2D eigenvalue weighted by Crippen LogP contribution is -2.22. The normalized spacial score (nSPS) is 18.8. The first-order valence-corrected chi connectivity index (χ1v) is 6.73. The van der Waals surface area contributed by atoms with Gasteiger partial charge in [0.2, 0.25) is 5.95 Å². The highest BCUT2D eigenvalue weighted by Gasteiger charge is 2.22. The highest BCUT2D eigenvalue weighted by molar-refractivity contribution is 5.39. The van der Waals surface area contributed by atoms with E-state index in [9.17, 15) is 0 Å². The fourth-order valence-electron chi connectivity index (χ4n) is 2.73. The number of aromatic nitrogens is 2. The summed E-state index contributed by atoms with van der Waals surface area (Å²) < 4.78 is 0. The van der Waals surface area contributed by atoms with Crippen LogP contribution in [0, 0.1) is 0 Å². The molecule has 0 saturated carbocycles. The lowest BCUT2D eigenvalue weighted by Gasteiger charge is -2.17. The molecule has 4 nitrogen and oxygen atoms in total. The fourth-order valence-corrected chi connectivity index (χ4v) is 2.73. The van der Waals surface area contributed by atoms with E-state index in [4.69, 9.17) is 9.97 Å². The molecule has 2 aliphatic heterocycles. The van der Waals surface area contributed by atoms with E-state index in [0.717, 1.165) is 45.0 Å². The van der Waals surface area contributed by atoms with Crippen LogP contribution in [-0.4, -0.2) is 23.1 Å². The average Bonchev–Trinajstić information content (AvgIpc) is 3.00. The van der Waals surface area contributed by atoms with Gasteiger partial charge in [-0.3, -0.25) is 0 Å². The smallest absolute Gasteiger partial charge is 0.225 e. The molecule has 1 fully saturated rings. The van der Waals surface area contributed by atoms with Gasteiger partial charge in [0.15, 0.2) is 0 Å². The van der Waals surface area contributed by atoms with Crippen molar-refractivity contribution in [2.45, 2.75) is 45.7 Å². The van der Waals surface area contributed by atoms with Gasteiger partial charge >= 0.3 is 0 Å². The summed E-state index contributed by atoms with van der Waals surface area (Å²) >= 11 is 0. The summed E-state index contributed by atoms with van der Waals surface area (Å²) in [5, 5.41) is 3.38. The zero-order chi connectivity index (χ0) is 11.7. The molecule has 92 valence electrons. The van der Waals surface area contributed by atoms with E-state index in [1.165, 1.54) is 29.8 Å². The van der Waals surface area contributed by atoms with Crippen molar-refractivity contribution in [3.63, 3.8) is 0 Å². The van der Waals surface area contributed by atoms with Crippen LogP contribution in [0.25, 0.3) is 0 Å². The molecule has 4 heteroatoms. The molecule has 0 atom stereocenters. The first-order chi connectivity index (χ1) is 8.38. The van der Waals surface area contributed by atoms with Gasteiger partial charge in [-0.15, -0.1) is 0 Å². The molecular formula is C13H20N4. The summed E-state index contributed by atoms with van der Waals surface area (Å²) in [5.41, 5.74) is 3.85. The predicted octanol–water partition coefficient (Wildman–Crippen LogP) is 1.63. The van der Waals surface area contributed by atoms with Crippen LogP contribution < -0.4 is 10.2 Å². The number of nitrogens with zero attached hydrogens (tertiary/aromatic N) is 3. The quantitative estimate of drug-likeness (QED) is 0.860. The van der Waals surface area contributed by atoms with E-state index >= 15 is 0 Å². The molecule has 0 aromatic carbocycles. The Bertz CT molecular complexity index is 410. The van der Waals surface area contributed by atoms with Crippen molar-refractivity contribution in [2.24, 2.45) is 0 Å². The number of hydrogen-bond donors (Lipinski definition) is 1. The van der Waals surface area contributed by atoms with Crippen molar-refractivity contribution in [3.05, 3.63) is 17.0 Å². The molecule has 0 aliphatic carbocycles. The van der Waals surface area contributed by atoms with Crippen LogP contribution in [0.4, 0.5) is 5.95 Å². The number of fused-ring (bicyclic) bond motifs is 1. The Morgan fingerprint density at radius 1 is 1.18 bits per heavy atom. The molecule has 0 radical (unpaired) electrons. The van der Waals surface area contributed by atoms with Crippen molar-refractivity contribution >= 4 is 5.95 Å². The monoisotopic (exact) mass is 232 g/mol. The summed E-state index contributed by atoms with van der Waals surface area (Å²) in [5.74, 6) is 0.966. The minimum atomic E-state index is 0.912. The van der Waals surface area contributed by atoms with Crippen molar-refractivity contribution in [1.82, 2.24) is 15.3 Å². The van der Waals surface area contributed by atoms with Gasteiger partial charge in [0.25, 0.3) is 0 Å². The third-order valence-electron chi connectivity index (χ3n) is 3.64. The molecule has 3 rings (SSSR count). The van der Waals surface area contributed by atoms with E-state index in [0.29, 0.717) is 0 Å². The van der Waals surface area contributed by atoms with Crippen molar-refractivity contribution < 1.29 is 0 Å². The standard InChI is InChI=1S/C13H20N4/c1-2-5-11-10-8-14-9-12(10)16-13(15-11)17-6-3-4-7-17/h14H,2-9H2,1H3. The second kappa shape index (κ2) is 4.61. The minimum Gasteiger partial charge on any atom is -0.341 e. The molecule has 3 heterocycles. The van der Waals surface area contributed by atoms with Gasteiger partial charge in [0.05, 0.1) is 11.4 Å². The SMILES string of the molecule is CCCc1nc(N2CCCC2)nc2c1CNC2. The molecule has 0 bridgehead atoms. The second-order valence-corrected chi connectivity index (χ2v) is 4.94. The molecule has 1 saturated heterocycles. The van der Waals surface area contributed by atoms with Gasteiger partial charge < -0.3 is 10.2 Å². The van der Waals surface area contributed by atoms with Crippen molar-refractivity contribution in [3.8, 4) is 0 Å². The Labute approximate surface area is 102 Å². The van der Waals surface area contributed by atoms with Crippen molar-refractivity contribution in [2.75, 3.05) is 18.0 Å². The predicted molar refractivity (Wildman–Crippen MR) is 68.0 cm³/mol. The molecule has 17 heavy (non-hydrogen) atoms. The molecular weight excluding hydrogens is 212 g/mol. The van der Waals surface area contributed by atoms with Crippen LogP contribution in [0.2, 0.25) is 0 Å². The summed E-state index contributed by atoms with van der Waals surface area (Å²) in [6, 6.07) is 0. The average molecular weight is 232 g/mol. The van der Waals surface area contributed by atoms with Gasteiger partial charge in [0.1, 0.15) is 0 Å². The number of anilines is 1. The molecule has 1 N–H and O–H groups in total. The number of rotatable bonds is 3. The van der Waals surface area contributed by atoms with Gasteiger partial charge in [0, 0.05) is 31.7 Å². The first kappa shape index (κ1) is 11.0. The maximum atomic E-state index is 4.79. The molecule has 1 aromatic rings. The van der Waals surface area contributed by atoms with Crippen LogP contribution in [0.3, 0.4) is 0 Å². The number of aryl methyl sites for hydroxylation is 1. The largest absolute Gasteiger partial charge is 0.341 e. The highest BCUT2D eigenvalue weighted by atomic mass is 15.3. The van der Waals surface area contributed by atoms with E-state index in [2.05, 4.69) is 17.1 Å². The van der Waals surface area contributed by atoms with Gasteiger partial charge in [-0.05, 0) is 19.3 Å². The maximum Gasteiger partial charge on any atom is 0.225 e. The Hall–Kier alpha value is -1.16. The van der Waals surface area contributed by atoms with Crippen molar-refractivity contribution in [1.29, 1.82) is 0 Å². The Morgan fingerprint density at radius 2 is 2.00 bits per heavy atom. The number of hydrogen-bond acceptors (Lipinski definition) is 4. The Kier molecular flexibility index (Phi) is 2.97. The zero-order valence-electron chi connectivity index (χ0n) is 10.5. The minimum absolute atomic E-state index is 0.912. The summed E-state index contributed by atoms with van der Waals surface area (Å²) in [6.45, 7) is 6.32. The maximum absolute atomic E-state index is 4.79. The molecule has 0 unspecified atom stereocenters. The van der Waals surface area contributed by atoms with Crippen LogP contribution in [0.5, 0.6) is 0 Å². The summed E-state index contributed by atoms with van der Waals surface area (Å²) in [6.07, 6.45) is 4.79. The lowest BCUT2D eigenvalue weighted by atomic mass is 10.1. The van der Waals surface area contributed by atoms with E-state index in [-0.39, 0.29) is 0 Å². The van der Waals surface area contributed by atoms with E-state index < -0.39 is 0 Å². The van der Waals surface area contributed by atoms with Crippen LogP contribution >= 0.6 is 0 Å². The van der Waals surface area contributed by atoms with E-state index in [1.54, 1.807) is 0 Å². The van der Waals surface area contributed by atoms with Gasteiger partial charge in [-0.2, -0.15) is 0 Å². The van der Waals surface area contributed by atoms with Gasteiger partial charge in [-0.25, -0.2) is 9.97 Å². The second-order valence-electron chi connectivity index (χ2n) is 4.94. The lowest BCUT2D eigenvalue weighted by molar-refractivity contribution is 0.753. The molecule has 0 spiro atoms. The molecule has 1 aromatic heterocycles. The Balaban J connectivity index is 1.96. The topological polar surface area (TPSA) is 41.1 Å². The third kappa shape index (κ3) is 2.02. The molecule has 0 amide bonds. The summed E-state index contributed by atoms with van der Waals surface area (Å²) in [7, 11) is 0. The highest BCUT2D eigenvalue weighted by Crippen LogP contribution is 2.23. The number of nitrogens with one attached hydrogen (secondary N) is 1. The van der Waals surface area contributed by atoms with Crippen LogP contribution in [0.1, 0.15) is 43.1 Å². The van der Waals surface area contributed by atoms with Crippen LogP contribution in [0.15, 0.2) is 0 Å². The molecule has 2 aliphatic rings. The third-order valence-corrected chi connectivity index (χ3v) is 3.64. The van der Waals surface area contributed by atoms with E-state index in [1.807, 2.05) is 0 Å². The van der Waals surface area contributed by atoms with Crippen LogP contribution in [-0.2, 0) is 19.5 Å². The Morgan fingerprint density at radius 3 is 2.76 bits per heavy atom. The summed E-state index contributed by atoms with van der Waals surface area (Å²) in [4.78, 5) is 11.9. The first-order valence-electron chi connectivity index (χ1n) is 6.73. The van der Waals surface area contributed by atoms with Gasteiger partial charge in [-0.1, -0.05) is 13.3 Å². The zero-order valence-corrected chi connectivity index (χ0v) is 10.5.